The summed E-state index contributed by atoms with van der Waals surface area (Å²) in [5, 5.41) is 3.41. The fourth-order valence-electron chi connectivity index (χ4n) is 2.19. The van der Waals surface area contributed by atoms with Crippen LogP contribution in [0.5, 0.6) is 0 Å². The molecule has 2 heterocycles. The summed E-state index contributed by atoms with van der Waals surface area (Å²) < 4.78 is 0. The summed E-state index contributed by atoms with van der Waals surface area (Å²) in [7, 11) is 2.19. The number of hydrogen-bond acceptors (Lipinski definition) is 4. The van der Waals surface area contributed by atoms with Crippen molar-refractivity contribution in [2.24, 2.45) is 5.92 Å². The summed E-state index contributed by atoms with van der Waals surface area (Å²) in [5.74, 6) is 1.71. The van der Waals surface area contributed by atoms with E-state index in [4.69, 9.17) is 5.73 Å². The third-order valence-electron chi connectivity index (χ3n) is 3.54. The minimum atomic E-state index is 0.759. The second kappa shape index (κ2) is 5.36. The van der Waals surface area contributed by atoms with Crippen LogP contribution >= 0.6 is 0 Å². The number of likely N-dealkylation sites (tertiary alicyclic amines) is 1. The van der Waals surface area contributed by atoms with E-state index in [1.54, 1.807) is 0 Å². The SMILES string of the molecule is Cc1nc(NCC2CCN(C)CC2)ccc1N. The monoisotopic (exact) mass is 234 g/mol. The molecule has 2 rings (SSSR count). The Hall–Kier alpha value is -1.29. The number of hydrogen-bond donors (Lipinski definition) is 2. The number of aryl methyl sites for hydroxylation is 1. The molecule has 94 valence electrons. The molecule has 0 radical (unpaired) electrons. The number of nitrogens with two attached hydrogens (primary N) is 1. The first-order valence-electron chi connectivity index (χ1n) is 6.30. The number of nitrogen functional groups attached to an aromatic ring is 1. The molecule has 4 heteroatoms. The van der Waals surface area contributed by atoms with Crippen molar-refractivity contribution in [1.29, 1.82) is 0 Å². The normalized spacial score (nSPS) is 18.2. The van der Waals surface area contributed by atoms with Gasteiger partial charge in [-0.25, -0.2) is 4.98 Å². The molecule has 0 aliphatic carbocycles. The lowest BCUT2D eigenvalue weighted by atomic mass is 9.97. The van der Waals surface area contributed by atoms with E-state index in [1.165, 1.54) is 25.9 Å². The zero-order chi connectivity index (χ0) is 12.3. The Kier molecular flexibility index (Phi) is 3.84. The fraction of sp³-hybridized carbons (Fsp3) is 0.615. The van der Waals surface area contributed by atoms with E-state index in [2.05, 4.69) is 22.2 Å². The molecule has 1 saturated heterocycles. The molecule has 1 aromatic heterocycles. The molecule has 4 nitrogen and oxygen atoms in total. The smallest absolute Gasteiger partial charge is 0.126 e. The van der Waals surface area contributed by atoms with Crippen molar-refractivity contribution in [2.75, 3.05) is 37.7 Å². The number of nitrogens with zero attached hydrogens (tertiary/aromatic N) is 2. The first kappa shape index (κ1) is 12.2. The first-order chi connectivity index (χ1) is 8.15. The predicted molar refractivity (Wildman–Crippen MR) is 72.1 cm³/mol. The highest BCUT2D eigenvalue weighted by molar-refractivity contribution is 5.48. The van der Waals surface area contributed by atoms with Crippen LogP contribution in [0, 0.1) is 12.8 Å². The Morgan fingerprint density at radius 3 is 2.76 bits per heavy atom. The summed E-state index contributed by atoms with van der Waals surface area (Å²) >= 11 is 0. The van der Waals surface area contributed by atoms with Crippen molar-refractivity contribution in [3.05, 3.63) is 17.8 Å². The highest BCUT2D eigenvalue weighted by Crippen LogP contribution is 2.17. The fourth-order valence-corrected chi connectivity index (χ4v) is 2.19. The molecule has 0 aromatic carbocycles. The summed E-state index contributed by atoms with van der Waals surface area (Å²) in [6.45, 7) is 5.38. The molecular formula is C13H22N4. The zero-order valence-corrected chi connectivity index (χ0v) is 10.7. The Balaban J connectivity index is 1.83. The third-order valence-corrected chi connectivity index (χ3v) is 3.54. The van der Waals surface area contributed by atoms with Crippen LogP contribution in [-0.2, 0) is 0 Å². The van der Waals surface area contributed by atoms with E-state index in [0.717, 1.165) is 29.7 Å². The Morgan fingerprint density at radius 1 is 1.41 bits per heavy atom. The topological polar surface area (TPSA) is 54.2 Å². The van der Waals surface area contributed by atoms with Crippen molar-refractivity contribution < 1.29 is 0 Å². The molecule has 1 aliphatic heterocycles. The molecule has 3 N–H and O–H groups in total. The number of anilines is 2. The van der Waals surface area contributed by atoms with Crippen LogP contribution in [0.15, 0.2) is 12.1 Å². The van der Waals surface area contributed by atoms with Crippen molar-refractivity contribution >= 4 is 11.5 Å². The molecule has 0 amide bonds. The van der Waals surface area contributed by atoms with Gasteiger partial charge in [0, 0.05) is 6.54 Å². The number of aromatic nitrogens is 1. The lowest BCUT2D eigenvalue weighted by molar-refractivity contribution is 0.226. The van der Waals surface area contributed by atoms with E-state index in [1.807, 2.05) is 19.1 Å². The van der Waals surface area contributed by atoms with Crippen LogP contribution in [0.1, 0.15) is 18.5 Å². The minimum Gasteiger partial charge on any atom is -0.397 e. The molecule has 1 aromatic rings. The van der Waals surface area contributed by atoms with Crippen molar-refractivity contribution in [2.45, 2.75) is 19.8 Å². The average molecular weight is 234 g/mol. The Bertz CT molecular complexity index is 370. The van der Waals surface area contributed by atoms with Gasteiger partial charge in [0.1, 0.15) is 5.82 Å². The van der Waals surface area contributed by atoms with Gasteiger partial charge in [0.15, 0.2) is 0 Å². The summed E-state index contributed by atoms with van der Waals surface area (Å²) in [4.78, 5) is 6.82. The molecule has 0 unspecified atom stereocenters. The lowest BCUT2D eigenvalue weighted by Crippen LogP contribution is -2.33. The van der Waals surface area contributed by atoms with E-state index < -0.39 is 0 Å². The second-order valence-electron chi connectivity index (χ2n) is 5.00. The maximum Gasteiger partial charge on any atom is 0.126 e. The molecule has 1 aliphatic rings. The maximum absolute atomic E-state index is 5.75. The second-order valence-corrected chi connectivity index (χ2v) is 5.00. The number of pyridine rings is 1. The van der Waals surface area contributed by atoms with E-state index in [0.29, 0.717) is 0 Å². The van der Waals surface area contributed by atoms with E-state index in [9.17, 15) is 0 Å². The molecule has 0 atom stereocenters. The number of nitrogens with one attached hydrogen (secondary N) is 1. The number of piperidine rings is 1. The predicted octanol–water partition coefficient (Wildman–Crippen LogP) is 1.73. The van der Waals surface area contributed by atoms with Gasteiger partial charge in [-0.1, -0.05) is 0 Å². The van der Waals surface area contributed by atoms with Crippen LogP contribution in [0.4, 0.5) is 11.5 Å². The number of rotatable bonds is 3. The van der Waals surface area contributed by atoms with Gasteiger partial charge >= 0.3 is 0 Å². The van der Waals surface area contributed by atoms with Crippen LogP contribution in [0.3, 0.4) is 0 Å². The lowest BCUT2D eigenvalue weighted by Gasteiger charge is -2.29. The maximum atomic E-state index is 5.75. The van der Waals surface area contributed by atoms with Gasteiger partial charge in [0.25, 0.3) is 0 Å². The summed E-state index contributed by atoms with van der Waals surface area (Å²) in [6, 6.07) is 3.87. The molecular weight excluding hydrogens is 212 g/mol. The van der Waals surface area contributed by atoms with Crippen molar-refractivity contribution in [3.8, 4) is 0 Å². The standard InChI is InChI=1S/C13H22N4/c1-10-12(14)3-4-13(16-10)15-9-11-5-7-17(2)8-6-11/h3-4,11H,5-9,14H2,1-2H3,(H,15,16). The summed E-state index contributed by atoms with van der Waals surface area (Å²) in [5.41, 5.74) is 7.41. The van der Waals surface area contributed by atoms with Crippen LogP contribution in [0.25, 0.3) is 0 Å². The van der Waals surface area contributed by atoms with E-state index >= 15 is 0 Å². The molecule has 1 fully saturated rings. The van der Waals surface area contributed by atoms with Gasteiger partial charge in [-0.2, -0.15) is 0 Å². The van der Waals surface area contributed by atoms with Gasteiger partial charge in [-0.3, -0.25) is 0 Å². The van der Waals surface area contributed by atoms with Gasteiger partial charge in [-0.15, -0.1) is 0 Å². The van der Waals surface area contributed by atoms with Gasteiger partial charge in [0.05, 0.1) is 11.4 Å². The van der Waals surface area contributed by atoms with Crippen molar-refractivity contribution in [1.82, 2.24) is 9.88 Å². The molecule has 0 spiro atoms. The van der Waals surface area contributed by atoms with Crippen LogP contribution < -0.4 is 11.1 Å². The Morgan fingerprint density at radius 2 is 2.12 bits per heavy atom. The average Bonchev–Trinajstić information content (AvgIpc) is 2.33. The van der Waals surface area contributed by atoms with Crippen LogP contribution in [-0.4, -0.2) is 36.6 Å². The molecule has 0 saturated carbocycles. The van der Waals surface area contributed by atoms with E-state index in [-0.39, 0.29) is 0 Å². The molecule has 0 bridgehead atoms. The largest absolute Gasteiger partial charge is 0.397 e. The molecule has 17 heavy (non-hydrogen) atoms. The zero-order valence-electron chi connectivity index (χ0n) is 10.7. The quantitative estimate of drug-likeness (QED) is 0.836. The highest BCUT2D eigenvalue weighted by atomic mass is 15.1. The highest BCUT2D eigenvalue weighted by Gasteiger charge is 2.16. The summed E-state index contributed by atoms with van der Waals surface area (Å²) in [6.07, 6.45) is 2.55. The van der Waals surface area contributed by atoms with Gasteiger partial charge in [-0.05, 0) is 58.0 Å². The first-order valence-corrected chi connectivity index (χ1v) is 6.30. The van der Waals surface area contributed by atoms with Crippen LogP contribution in [0.2, 0.25) is 0 Å². The third kappa shape index (κ3) is 3.33. The minimum absolute atomic E-state index is 0.759. The van der Waals surface area contributed by atoms with Gasteiger partial charge < -0.3 is 16.0 Å². The van der Waals surface area contributed by atoms with Crippen molar-refractivity contribution in [3.63, 3.8) is 0 Å². The van der Waals surface area contributed by atoms with Gasteiger partial charge in [0.2, 0.25) is 0 Å². The Labute approximate surface area is 103 Å².